The first kappa shape index (κ1) is 16.6. The summed E-state index contributed by atoms with van der Waals surface area (Å²) in [7, 11) is 0. The van der Waals surface area contributed by atoms with Gasteiger partial charge in [-0.1, -0.05) is 13.2 Å². The van der Waals surface area contributed by atoms with Gasteiger partial charge in [-0.3, -0.25) is 15.4 Å². The van der Waals surface area contributed by atoms with Crippen molar-refractivity contribution in [2.45, 2.75) is 6.92 Å². The van der Waals surface area contributed by atoms with E-state index in [0.717, 1.165) is 11.9 Å². The van der Waals surface area contributed by atoms with Gasteiger partial charge in [0.05, 0.1) is 24.1 Å². The first-order valence-electron chi connectivity index (χ1n) is 7.68. The van der Waals surface area contributed by atoms with Gasteiger partial charge in [0, 0.05) is 5.39 Å². The van der Waals surface area contributed by atoms with Gasteiger partial charge in [0.1, 0.15) is 24.0 Å². The predicted octanol–water partition coefficient (Wildman–Crippen LogP) is 2.92. The van der Waals surface area contributed by atoms with Crippen LogP contribution in [0, 0.1) is 16.6 Å². The molecule has 0 unspecified atom stereocenters. The maximum Gasteiger partial charge on any atom is 0.229 e. The number of nitrogens with one attached hydrogen (secondary N) is 2. The molecule has 0 radical (unpaired) electrons. The number of rotatable bonds is 4. The normalized spacial score (nSPS) is 14.4. The molecule has 0 atom stereocenters. The lowest BCUT2D eigenvalue weighted by atomic mass is 10.1. The van der Waals surface area contributed by atoms with Crippen LogP contribution in [0.25, 0.3) is 10.9 Å². The largest absolute Gasteiger partial charge is 0.489 e. The standard InChI is InChI=1S/C18H18FN5O/c1-4-14-16(11(2)3)25-8-7-23(14)17-13-9-12(19)5-6-15(13)24(10-20)18(21)22-17/h4-6,9-10,20-21H,1-2,7-8H2,3H3. The summed E-state index contributed by atoms with van der Waals surface area (Å²) in [5, 5.41) is 16.1. The Morgan fingerprint density at radius 1 is 1.44 bits per heavy atom. The van der Waals surface area contributed by atoms with Crippen molar-refractivity contribution >= 4 is 23.1 Å². The van der Waals surface area contributed by atoms with E-state index in [-0.39, 0.29) is 5.62 Å². The Bertz CT molecular complexity index is 989. The third kappa shape index (κ3) is 2.73. The van der Waals surface area contributed by atoms with Crippen LogP contribution in [0.15, 0.2) is 54.5 Å². The Hall–Kier alpha value is -3.22. The fourth-order valence-electron chi connectivity index (χ4n) is 2.88. The Morgan fingerprint density at radius 2 is 2.20 bits per heavy atom. The number of aromatic nitrogens is 2. The van der Waals surface area contributed by atoms with Crippen LogP contribution in [-0.4, -0.2) is 29.0 Å². The molecule has 0 aliphatic carbocycles. The third-order valence-corrected chi connectivity index (χ3v) is 3.95. The molecular weight excluding hydrogens is 321 g/mol. The molecule has 7 heteroatoms. The Morgan fingerprint density at radius 3 is 2.84 bits per heavy atom. The number of benzene rings is 1. The number of fused-ring (bicyclic) bond motifs is 1. The number of halogens is 1. The van der Waals surface area contributed by atoms with Gasteiger partial charge in [0.2, 0.25) is 5.62 Å². The summed E-state index contributed by atoms with van der Waals surface area (Å²) in [5.41, 5.74) is 1.82. The molecular formula is C18H18FN5O. The Labute approximate surface area is 144 Å². The minimum absolute atomic E-state index is 0.115. The van der Waals surface area contributed by atoms with Crippen molar-refractivity contribution < 1.29 is 9.13 Å². The van der Waals surface area contributed by atoms with Crippen molar-refractivity contribution in [3.05, 3.63) is 65.9 Å². The van der Waals surface area contributed by atoms with Gasteiger partial charge in [-0.05, 0) is 36.8 Å². The van der Waals surface area contributed by atoms with Gasteiger partial charge in [0.15, 0.2) is 0 Å². The molecule has 2 heterocycles. The summed E-state index contributed by atoms with van der Waals surface area (Å²) < 4.78 is 20.8. The van der Waals surface area contributed by atoms with Crippen molar-refractivity contribution in [2.75, 3.05) is 18.1 Å². The molecule has 0 saturated heterocycles. The summed E-state index contributed by atoms with van der Waals surface area (Å²) in [5.74, 6) is 0.611. The van der Waals surface area contributed by atoms with Crippen LogP contribution in [-0.2, 0) is 4.74 Å². The molecule has 0 amide bonds. The van der Waals surface area contributed by atoms with Crippen LogP contribution < -0.4 is 10.5 Å². The minimum Gasteiger partial charge on any atom is -0.489 e. The van der Waals surface area contributed by atoms with E-state index in [0.29, 0.717) is 41.3 Å². The smallest absolute Gasteiger partial charge is 0.229 e. The van der Waals surface area contributed by atoms with Crippen LogP contribution in [0.5, 0.6) is 0 Å². The average molecular weight is 339 g/mol. The molecule has 0 spiro atoms. The summed E-state index contributed by atoms with van der Waals surface area (Å²) in [6.45, 7) is 10.5. The van der Waals surface area contributed by atoms with Crippen LogP contribution >= 0.6 is 0 Å². The van der Waals surface area contributed by atoms with E-state index in [1.54, 1.807) is 6.08 Å². The summed E-state index contributed by atoms with van der Waals surface area (Å²) >= 11 is 0. The van der Waals surface area contributed by atoms with Gasteiger partial charge in [-0.25, -0.2) is 4.39 Å². The SMILES string of the molecule is C=CC1=C(C(=C)C)OCCN1c1nc(=N)n(C=N)c2ccc(F)cc12. The zero-order valence-corrected chi connectivity index (χ0v) is 13.8. The number of anilines is 1. The van der Waals surface area contributed by atoms with E-state index in [1.165, 1.54) is 22.8 Å². The molecule has 25 heavy (non-hydrogen) atoms. The van der Waals surface area contributed by atoms with E-state index in [2.05, 4.69) is 18.1 Å². The fourth-order valence-corrected chi connectivity index (χ4v) is 2.88. The lowest BCUT2D eigenvalue weighted by Crippen LogP contribution is -2.35. The van der Waals surface area contributed by atoms with Crippen molar-refractivity contribution in [3.63, 3.8) is 0 Å². The van der Waals surface area contributed by atoms with Crippen molar-refractivity contribution in [1.29, 1.82) is 10.8 Å². The van der Waals surface area contributed by atoms with Crippen molar-refractivity contribution in [1.82, 2.24) is 9.55 Å². The highest BCUT2D eigenvalue weighted by atomic mass is 19.1. The van der Waals surface area contributed by atoms with Crippen LogP contribution in [0.2, 0.25) is 0 Å². The second-order valence-electron chi connectivity index (χ2n) is 5.62. The van der Waals surface area contributed by atoms with Crippen molar-refractivity contribution in [2.24, 2.45) is 0 Å². The number of nitrogens with zero attached hydrogens (tertiary/aromatic N) is 3. The maximum absolute atomic E-state index is 13.9. The minimum atomic E-state index is -0.415. The summed E-state index contributed by atoms with van der Waals surface area (Å²) in [6, 6.07) is 4.19. The maximum atomic E-state index is 13.9. The molecule has 6 nitrogen and oxygen atoms in total. The number of ether oxygens (including phenoxy) is 1. The lowest BCUT2D eigenvalue weighted by Gasteiger charge is -2.32. The van der Waals surface area contributed by atoms with E-state index in [4.69, 9.17) is 15.6 Å². The number of hydrogen-bond acceptors (Lipinski definition) is 5. The van der Waals surface area contributed by atoms with Gasteiger partial charge in [-0.15, -0.1) is 0 Å². The van der Waals surface area contributed by atoms with Gasteiger partial charge >= 0.3 is 0 Å². The molecule has 0 saturated carbocycles. The molecule has 3 rings (SSSR count). The highest BCUT2D eigenvalue weighted by Gasteiger charge is 2.24. The molecule has 0 fully saturated rings. The number of allylic oxidation sites excluding steroid dienone is 2. The molecule has 2 aromatic rings. The zero-order valence-electron chi connectivity index (χ0n) is 13.8. The van der Waals surface area contributed by atoms with E-state index >= 15 is 0 Å². The molecule has 2 N–H and O–H groups in total. The topological polar surface area (TPSA) is 78.0 Å². The lowest BCUT2D eigenvalue weighted by molar-refractivity contribution is 0.211. The van der Waals surface area contributed by atoms with Crippen LogP contribution in [0.4, 0.5) is 10.2 Å². The summed E-state index contributed by atoms with van der Waals surface area (Å²) in [4.78, 5) is 6.14. The average Bonchev–Trinajstić information content (AvgIpc) is 2.60. The predicted molar refractivity (Wildman–Crippen MR) is 95.1 cm³/mol. The molecule has 1 aromatic carbocycles. The van der Waals surface area contributed by atoms with E-state index in [1.807, 2.05) is 11.8 Å². The third-order valence-electron chi connectivity index (χ3n) is 3.95. The molecule has 1 aliphatic rings. The summed E-state index contributed by atoms with van der Waals surface area (Å²) in [6.07, 6.45) is 2.62. The van der Waals surface area contributed by atoms with E-state index in [9.17, 15) is 4.39 Å². The Kier molecular flexibility index (Phi) is 4.22. The fraction of sp³-hybridized carbons (Fsp3) is 0.167. The molecule has 1 aliphatic heterocycles. The van der Waals surface area contributed by atoms with E-state index < -0.39 is 5.82 Å². The quantitative estimate of drug-likeness (QED) is 0.664. The highest BCUT2D eigenvalue weighted by Crippen LogP contribution is 2.31. The second-order valence-corrected chi connectivity index (χ2v) is 5.62. The van der Waals surface area contributed by atoms with Gasteiger partial charge < -0.3 is 9.64 Å². The molecule has 0 bridgehead atoms. The molecule has 128 valence electrons. The highest BCUT2D eigenvalue weighted by molar-refractivity contribution is 5.93. The van der Waals surface area contributed by atoms with Crippen LogP contribution in [0.3, 0.4) is 0 Å². The van der Waals surface area contributed by atoms with Gasteiger partial charge in [-0.2, -0.15) is 4.98 Å². The zero-order chi connectivity index (χ0) is 18.1. The Balaban J connectivity index is 2.35. The van der Waals surface area contributed by atoms with Gasteiger partial charge in [0.25, 0.3) is 0 Å². The first-order chi connectivity index (χ1) is 12.0. The van der Waals surface area contributed by atoms with Crippen molar-refractivity contribution in [3.8, 4) is 0 Å². The second kappa shape index (κ2) is 6.35. The monoisotopic (exact) mass is 339 g/mol. The molecule has 1 aromatic heterocycles. The first-order valence-corrected chi connectivity index (χ1v) is 7.68. The number of hydrogen-bond donors (Lipinski definition) is 2. The van der Waals surface area contributed by atoms with Crippen LogP contribution in [0.1, 0.15) is 6.92 Å².